The van der Waals surface area contributed by atoms with E-state index in [0.29, 0.717) is 12.5 Å². The molecule has 2 aromatic rings. The Balaban J connectivity index is 2.20. The molecule has 0 saturated carbocycles. The van der Waals surface area contributed by atoms with Crippen LogP contribution in [0.4, 0.5) is 0 Å². The summed E-state index contributed by atoms with van der Waals surface area (Å²) in [6, 6.07) is 10.4. The number of ether oxygens (including phenoxy) is 1. The van der Waals surface area contributed by atoms with Crippen molar-refractivity contribution in [2.75, 3.05) is 13.7 Å². The van der Waals surface area contributed by atoms with Gasteiger partial charge >= 0.3 is 0 Å². The van der Waals surface area contributed by atoms with Crippen molar-refractivity contribution in [3.63, 3.8) is 0 Å². The first-order chi connectivity index (χ1) is 9.24. The maximum absolute atomic E-state index is 5.93. The Kier molecular flexibility index (Phi) is 4.53. The zero-order chi connectivity index (χ0) is 13.7. The summed E-state index contributed by atoms with van der Waals surface area (Å²) in [6.07, 6.45) is 4.58. The summed E-state index contributed by atoms with van der Waals surface area (Å²) < 4.78 is 5.29. The Morgan fingerprint density at radius 1 is 1.21 bits per heavy atom. The van der Waals surface area contributed by atoms with Crippen molar-refractivity contribution in [2.45, 2.75) is 19.3 Å². The molecular weight excluding hydrogens is 236 g/mol. The molecule has 1 aromatic carbocycles. The number of hydrogen-bond donors (Lipinski definition) is 1. The third-order valence-electron chi connectivity index (χ3n) is 3.41. The van der Waals surface area contributed by atoms with Crippen LogP contribution < -0.4 is 10.5 Å². The van der Waals surface area contributed by atoms with Crippen LogP contribution in [0.2, 0.25) is 0 Å². The van der Waals surface area contributed by atoms with E-state index >= 15 is 0 Å². The number of aryl methyl sites for hydroxylation is 1. The molecule has 0 bridgehead atoms. The summed E-state index contributed by atoms with van der Waals surface area (Å²) in [6.45, 7) is 2.69. The van der Waals surface area contributed by atoms with Gasteiger partial charge < -0.3 is 10.5 Å². The number of rotatable bonds is 5. The van der Waals surface area contributed by atoms with Gasteiger partial charge in [0.2, 0.25) is 0 Å². The lowest BCUT2D eigenvalue weighted by molar-refractivity contribution is 0.411. The maximum Gasteiger partial charge on any atom is 0.121 e. The van der Waals surface area contributed by atoms with E-state index in [4.69, 9.17) is 10.5 Å². The quantitative estimate of drug-likeness (QED) is 0.894. The highest BCUT2D eigenvalue weighted by molar-refractivity contribution is 5.38. The molecule has 1 unspecified atom stereocenters. The molecule has 19 heavy (non-hydrogen) atoms. The summed E-state index contributed by atoms with van der Waals surface area (Å²) in [7, 11) is 1.69. The predicted octanol–water partition coefficient (Wildman–Crippen LogP) is 2.68. The maximum atomic E-state index is 5.93. The van der Waals surface area contributed by atoms with Gasteiger partial charge in [-0.05, 0) is 54.8 Å². The molecule has 1 aromatic heterocycles. The van der Waals surface area contributed by atoms with Crippen molar-refractivity contribution in [3.8, 4) is 5.75 Å². The summed E-state index contributed by atoms with van der Waals surface area (Å²) in [5.74, 6) is 1.25. The summed E-state index contributed by atoms with van der Waals surface area (Å²) >= 11 is 0. The number of hydrogen-bond acceptors (Lipinski definition) is 3. The molecule has 3 nitrogen and oxygen atoms in total. The van der Waals surface area contributed by atoms with Crippen LogP contribution in [0.25, 0.3) is 0 Å². The highest BCUT2D eigenvalue weighted by Crippen LogP contribution is 2.25. The summed E-state index contributed by atoms with van der Waals surface area (Å²) in [5, 5.41) is 0. The van der Waals surface area contributed by atoms with Crippen LogP contribution >= 0.6 is 0 Å². The normalized spacial score (nSPS) is 12.2. The number of nitrogens with two attached hydrogens (primary N) is 1. The van der Waals surface area contributed by atoms with Gasteiger partial charge in [0, 0.05) is 18.3 Å². The molecule has 1 heterocycles. The Labute approximate surface area is 114 Å². The molecule has 0 saturated heterocycles. The van der Waals surface area contributed by atoms with Gasteiger partial charge in [-0.3, -0.25) is 4.98 Å². The average molecular weight is 256 g/mol. The lowest BCUT2D eigenvalue weighted by Gasteiger charge is -2.17. The van der Waals surface area contributed by atoms with Crippen LogP contribution in [-0.2, 0) is 6.42 Å². The Bertz CT molecular complexity index is 526. The lowest BCUT2D eigenvalue weighted by atomic mass is 9.91. The zero-order valence-electron chi connectivity index (χ0n) is 11.5. The third kappa shape index (κ3) is 3.32. The molecule has 0 fully saturated rings. The third-order valence-corrected chi connectivity index (χ3v) is 3.41. The van der Waals surface area contributed by atoms with Gasteiger partial charge in [-0.15, -0.1) is 0 Å². The highest BCUT2D eigenvalue weighted by atomic mass is 16.5. The monoisotopic (exact) mass is 256 g/mol. The fourth-order valence-corrected chi connectivity index (χ4v) is 2.30. The van der Waals surface area contributed by atoms with Crippen molar-refractivity contribution in [2.24, 2.45) is 5.73 Å². The predicted molar refractivity (Wildman–Crippen MR) is 77.5 cm³/mol. The van der Waals surface area contributed by atoms with E-state index in [-0.39, 0.29) is 0 Å². The molecule has 0 aliphatic rings. The van der Waals surface area contributed by atoms with E-state index in [1.54, 1.807) is 7.11 Å². The van der Waals surface area contributed by atoms with E-state index < -0.39 is 0 Å². The van der Waals surface area contributed by atoms with Crippen molar-refractivity contribution in [3.05, 3.63) is 59.4 Å². The Morgan fingerprint density at radius 2 is 1.95 bits per heavy atom. The van der Waals surface area contributed by atoms with Gasteiger partial charge in [-0.2, -0.15) is 0 Å². The minimum atomic E-state index is 0.326. The molecule has 0 aliphatic heterocycles. The molecule has 0 radical (unpaired) electrons. The number of methoxy groups -OCH3 is 1. The number of nitrogens with zero attached hydrogens (tertiary/aromatic N) is 1. The number of pyridine rings is 1. The van der Waals surface area contributed by atoms with Crippen LogP contribution in [-0.4, -0.2) is 18.6 Å². The fourth-order valence-electron chi connectivity index (χ4n) is 2.30. The summed E-state index contributed by atoms with van der Waals surface area (Å²) in [5.41, 5.74) is 9.60. The molecule has 2 rings (SSSR count). The van der Waals surface area contributed by atoms with Gasteiger partial charge in [-0.1, -0.05) is 12.1 Å². The fraction of sp³-hybridized carbons (Fsp3) is 0.312. The van der Waals surface area contributed by atoms with E-state index in [2.05, 4.69) is 24.0 Å². The largest absolute Gasteiger partial charge is 0.496 e. The van der Waals surface area contributed by atoms with Crippen LogP contribution in [0.1, 0.15) is 22.6 Å². The second-order valence-electron chi connectivity index (χ2n) is 4.72. The van der Waals surface area contributed by atoms with Crippen LogP contribution in [0, 0.1) is 6.92 Å². The first kappa shape index (κ1) is 13.6. The minimum Gasteiger partial charge on any atom is -0.496 e. The second-order valence-corrected chi connectivity index (χ2v) is 4.72. The van der Waals surface area contributed by atoms with E-state index in [9.17, 15) is 0 Å². The van der Waals surface area contributed by atoms with Crippen LogP contribution in [0.5, 0.6) is 5.75 Å². The number of benzene rings is 1. The average Bonchev–Trinajstić information content (AvgIpc) is 2.46. The first-order valence-corrected chi connectivity index (χ1v) is 6.48. The van der Waals surface area contributed by atoms with E-state index in [1.165, 1.54) is 11.1 Å². The van der Waals surface area contributed by atoms with Crippen LogP contribution in [0.3, 0.4) is 0 Å². The van der Waals surface area contributed by atoms with Gasteiger partial charge in [0.15, 0.2) is 0 Å². The Morgan fingerprint density at radius 3 is 2.53 bits per heavy atom. The molecule has 2 N–H and O–H groups in total. The smallest absolute Gasteiger partial charge is 0.121 e. The molecule has 3 heteroatoms. The van der Waals surface area contributed by atoms with E-state index in [1.807, 2.05) is 30.6 Å². The summed E-state index contributed by atoms with van der Waals surface area (Å²) in [4.78, 5) is 4.04. The molecule has 0 aliphatic carbocycles. The van der Waals surface area contributed by atoms with Gasteiger partial charge in [-0.25, -0.2) is 0 Å². The molecule has 0 spiro atoms. The second kappa shape index (κ2) is 6.34. The molecule has 0 amide bonds. The van der Waals surface area contributed by atoms with E-state index in [0.717, 1.165) is 17.7 Å². The standard InChI is InChI=1S/C16H20N2O/c1-12-9-14(3-4-16(12)19-2)15(11-17)10-13-5-7-18-8-6-13/h3-9,15H,10-11,17H2,1-2H3. The molecule has 1 atom stereocenters. The zero-order valence-corrected chi connectivity index (χ0v) is 11.5. The minimum absolute atomic E-state index is 0.326. The van der Waals surface area contributed by atoms with Gasteiger partial charge in [0.05, 0.1) is 7.11 Å². The molecular formula is C16H20N2O. The van der Waals surface area contributed by atoms with Gasteiger partial charge in [0.25, 0.3) is 0 Å². The highest BCUT2D eigenvalue weighted by Gasteiger charge is 2.12. The topological polar surface area (TPSA) is 48.1 Å². The number of aromatic nitrogens is 1. The SMILES string of the molecule is COc1ccc(C(CN)Cc2ccncc2)cc1C. The first-order valence-electron chi connectivity index (χ1n) is 6.48. The van der Waals surface area contributed by atoms with Gasteiger partial charge in [0.1, 0.15) is 5.75 Å². The Hall–Kier alpha value is -1.87. The van der Waals surface area contributed by atoms with Crippen molar-refractivity contribution in [1.29, 1.82) is 0 Å². The molecule has 100 valence electrons. The van der Waals surface area contributed by atoms with Crippen molar-refractivity contribution < 1.29 is 4.74 Å². The van der Waals surface area contributed by atoms with Crippen LogP contribution in [0.15, 0.2) is 42.7 Å². The van der Waals surface area contributed by atoms with Crippen molar-refractivity contribution in [1.82, 2.24) is 4.98 Å². The van der Waals surface area contributed by atoms with Crippen molar-refractivity contribution >= 4 is 0 Å². The lowest BCUT2D eigenvalue weighted by Crippen LogP contribution is -2.15.